The summed E-state index contributed by atoms with van der Waals surface area (Å²) < 4.78 is 5.36. The summed E-state index contributed by atoms with van der Waals surface area (Å²) in [5.74, 6) is -0.102. The molecule has 0 bridgehead atoms. The number of carbonyl (C=O) groups excluding carboxylic acids is 2. The summed E-state index contributed by atoms with van der Waals surface area (Å²) in [6, 6.07) is 0. The highest BCUT2D eigenvalue weighted by molar-refractivity contribution is 5.92. The Morgan fingerprint density at radius 3 is 2.62 bits per heavy atom. The summed E-state index contributed by atoms with van der Waals surface area (Å²) in [5, 5.41) is 10.1. The third kappa shape index (κ3) is 5.66. The van der Waals surface area contributed by atoms with E-state index in [-0.39, 0.29) is 35.6 Å². The van der Waals surface area contributed by atoms with Crippen LogP contribution in [0.15, 0.2) is 35.5 Å². The molecule has 1 heterocycles. The average molecular weight is 360 g/mol. The van der Waals surface area contributed by atoms with E-state index in [1.807, 2.05) is 13.8 Å². The number of carbonyl (C=O) groups is 2. The average Bonchev–Trinajstić information content (AvgIpc) is 2.88. The van der Waals surface area contributed by atoms with Crippen molar-refractivity contribution in [2.45, 2.75) is 72.0 Å². The fourth-order valence-electron chi connectivity index (χ4n) is 3.71. The molecule has 1 aliphatic carbocycles. The van der Waals surface area contributed by atoms with Crippen LogP contribution < -0.4 is 0 Å². The molecule has 0 aromatic heterocycles. The van der Waals surface area contributed by atoms with Crippen LogP contribution in [-0.2, 0) is 14.3 Å². The number of aliphatic hydroxyl groups is 1. The van der Waals surface area contributed by atoms with E-state index >= 15 is 0 Å². The van der Waals surface area contributed by atoms with Crippen LogP contribution in [0.4, 0.5) is 0 Å². The Hall–Kier alpha value is -1.68. The maximum Gasteiger partial charge on any atom is 0.309 e. The maximum atomic E-state index is 11.8. The van der Waals surface area contributed by atoms with Crippen LogP contribution in [0.2, 0.25) is 0 Å². The predicted octanol–water partition coefficient (Wildman–Crippen LogP) is 4.14. The molecule has 1 fully saturated rings. The van der Waals surface area contributed by atoms with Crippen molar-refractivity contribution in [3.63, 3.8) is 0 Å². The molecule has 1 saturated heterocycles. The van der Waals surface area contributed by atoms with Crippen molar-refractivity contribution in [1.29, 1.82) is 0 Å². The maximum absolute atomic E-state index is 11.8. The normalized spacial score (nSPS) is 32.9. The first-order valence-electron chi connectivity index (χ1n) is 9.69. The lowest BCUT2D eigenvalue weighted by atomic mass is 9.79. The number of aliphatic hydroxyl groups excluding tert-OH is 1. The molecule has 1 N–H and O–H groups in total. The monoisotopic (exact) mass is 360 g/mol. The largest absolute Gasteiger partial charge is 0.462 e. The second kappa shape index (κ2) is 9.31. The fraction of sp³-hybridized carbons (Fsp3) is 0.636. The second-order valence-corrected chi connectivity index (χ2v) is 7.98. The van der Waals surface area contributed by atoms with Crippen LogP contribution in [-0.4, -0.2) is 29.1 Å². The number of ketones is 1. The van der Waals surface area contributed by atoms with Crippen LogP contribution in [0.3, 0.4) is 0 Å². The molecule has 0 radical (unpaired) electrons. The van der Waals surface area contributed by atoms with Gasteiger partial charge in [-0.3, -0.25) is 9.59 Å². The summed E-state index contributed by atoms with van der Waals surface area (Å²) in [6.45, 7) is 8.00. The SMILES string of the molecule is C/C(=C\CC1C(O)C=CC(=O)C1C)CC/C=C(\C)CC1CC(C)C(=O)O1. The fourth-order valence-corrected chi connectivity index (χ4v) is 3.71. The zero-order valence-corrected chi connectivity index (χ0v) is 16.4. The lowest BCUT2D eigenvalue weighted by Gasteiger charge is -2.27. The molecule has 0 aromatic carbocycles. The second-order valence-electron chi connectivity index (χ2n) is 7.98. The molecule has 5 atom stereocenters. The third-order valence-electron chi connectivity index (χ3n) is 5.61. The van der Waals surface area contributed by atoms with E-state index < -0.39 is 6.10 Å². The van der Waals surface area contributed by atoms with Gasteiger partial charge in [0.05, 0.1) is 12.0 Å². The molecule has 2 rings (SSSR count). The molecule has 5 unspecified atom stereocenters. The van der Waals surface area contributed by atoms with Gasteiger partial charge in [-0.25, -0.2) is 0 Å². The van der Waals surface area contributed by atoms with Crippen molar-refractivity contribution in [3.05, 3.63) is 35.5 Å². The molecule has 0 saturated carbocycles. The van der Waals surface area contributed by atoms with Gasteiger partial charge in [0.15, 0.2) is 5.78 Å². The highest BCUT2D eigenvalue weighted by Crippen LogP contribution is 2.28. The Morgan fingerprint density at radius 2 is 1.96 bits per heavy atom. The Kier molecular flexibility index (Phi) is 7.39. The predicted molar refractivity (Wildman–Crippen MR) is 102 cm³/mol. The minimum absolute atomic E-state index is 0.0252. The van der Waals surface area contributed by atoms with Crippen LogP contribution >= 0.6 is 0 Å². The standard InChI is InChI=1S/C22H32O4/c1-14(8-9-19-17(4)20(23)10-11-21(19)24)6-5-7-15(2)12-18-13-16(3)22(25)26-18/h7-8,10-11,16-19,21,24H,5-6,9,12-13H2,1-4H3/b14-8+,15-7+. The topological polar surface area (TPSA) is 63.6 Å². The molecule has 26 heavy (non-hydrogen) atoms. The smallest absolute Gasteiger partial charge is 0.309 e. The molecule has 0 aromatic rings. The van der Waals surface area contributed by atoms with E-state index in [1.165, 1.54) is 17.2 Å². The summed E-state index contributed by atoms with van der Waals surface area (Å²) in [7, 11) is 0. The van der Waals surface area contributed by atoms with E-state index in [0.717, 1.165) is 32.1 Å². The van der Waals surface area contributed by atoms with Crippen molar-refractivity contribution >= 4 is 11.8 Å². The number of esters is 1. The van der Waals surface area contributed by atoms with Gasteiger partial charge >= 0.3 is 5.97 Å². The first kappa shape index (κ1) is 20.6. The van der Waals surface area contributed by atoms with E-state index in [4.69, 9.17) is 4.74 Å². The molecular weight excluding hydrogens is 328 g/mol. The molecule has 0 amide bonds. The first-order chi connectivity index (χ1) is 12.3. The lowest BCUT2D eigenvalue weighted by molar-refractivity contribution is -0.143. The van der Waals surface area contributed by atoms with Gasteiger partial charge in [-0.15, -0.1) is 0 Å². The van der Waals surface area contributed by atoms with Crippen molar-refractivity contribution in [1.82, 2.24) is 0 Å². The Bertz CT molecular complexity index is 614. The minimum Gasteiger partial charge on any atom is -0.462 e. The third-order valence-corrected chi connectivity index (χ3v) is 5.61. The van der Waals surface area contributed by atoms with Gasteiger partial charge in [0.25, 0.3) is 0 Å². The number of cyclic esters (lactones) is 1. The van der Waals surface area contributed by atoms with Crippen molar-refractivity contribution in [3.8, 4) is 0 Å². The number of rotatable bonds is 7. The van der Waals surface area contributed by atoms with Crippen molar-refractivity contribution in [2.24, 2.45) is 17.8 Å². The Labute approximate surface area is 157 Å². The van der Waals surface area contributed by atoms with E-state index in [2.05, 4.69) is 26.0 Å². The van der Waals surface area contributed by atoms with Crippen LogP contribution in [0.5, 0.6) is 0 Å². The molecular formula is C22H32O4. The van der Waals surface area contributed by atoms with Gasteiger partial charge in [-0.2, -0.15) is 0 Å². The quantitative estimate of drug-likeness (QED) is 0.547. The van der Waals surface area contributed by atoms with E-state index in [0.29, 0.717) is 0 Å². The number of allylic oxidation sites excluding steroid dienone is 4. The number of ether oxygens (including phenoxy) is 1. The van der Waals surface area contributed by atoms with Crippen molar-refractivity contribution in [2.75, 3.05) is 0 Å². The summed E-state index contributed by atoms with van der Waals surface area (Å²) in [5.41, 5.74) is 2.54. The van der Waals surface area contributed by atoms with Crippen molar-refractivity contribution < 1.29 is 19.4 Å². The summed E-state index contributed by atoms with van der Waals surface area (Å²) in [4.78, 5) is 23.2. The minimum atomic E-state index is -0.537. The van der Waals surface area contributed by atoms with Gasteiger partial charge in [-0.05, 0) is 45.6 Å². The zero-order chi connectivity index (χ0) is 19.3. The summed E-state index contributed by atoms with van der Waals surface area (Å²) in [6.07, 6.45) is 11.2. The molecule has 1 aliphatic heterocycles. The molecule has 144 valence electrons. The van der Waals surface area contributed by atoms with Gasteiger partial charge in [0, 0.05) is 18.3 Å². The first-order valence-corrected chi connectivity index (χ1v) is 9.69. The molecule has 4 nitrogen and oxygen atoms in total. The van der Waals surface area contributed by atoms with Crippen LogP contribution in [0, 0.1) is 17.8 Å². The van der Waals surface area contributed by atoms with E-state index in [9.17, 15) is 14.7 Å². The van der Waals surface area contributed by atoms with Crippen LogP contribution in [0.25, 0.3) is 0 Å². The molecule has 2 aliphatic rings. The number of hydrogen-bond donors (Lipinski definition) is 1. The van der Waals surface area contributed by atoms with Gasteiger partial charge in [0.1, 0.15) is 6.10 Å². The Morgan fingerprint density at radius 1 is 1.23 bits per heavy atom. The lowest BCUT2D eigenvalue weighted by Crippen LogP contribution is -2.32. The van der Waals surface area contributed by atoms with Gasteiger partial charge < -0.3 is 9.84 Å². The van der Waals surface area contributed by atoms with E-state index in [1.54, 1.807) is 6.08 Å². The zero-order valence-electron chi connectivity index (χ0n) is 16.4. The van der Waals surface area contributed by atoms with Crippen LogP contribution in [0.1, 0.15) is 59.8 Å². The van der Waals surface area contributed by atoms with Gasteiger partial charge in [-0.1, -0.05) is 43.2 Å². The number of hydrogen-bond acceptors (Lipinski definition) is 4. The van der Waals surface area contributed by atoms with Gasteiger partial charge in [0.2, 0.25) is 0 Å². The summed E-state index contributed by atoms with van der Waals surface area (Å²) >= 11 is 0. The molecule has 0 spiro atoms. The highest BCUT2D eigenvalue weighted by Gasteiger charge is 2.31. The highest BCUT2D eigenvalue weighted by atomic mass is 16.5. The Balaban J connectivity index is 1.76. The molecule has 4 heteroatoms.